The molecule has 2 N–H and O–H groups in total. The first-order chi connectivity index (χ1) is 27.6. The van der Waals surface area contributed by atoms with Gasteiger partial charge >= 0.3 is 18.4 Å². The molecule has 0 radical (unpaired) electrons. The van der Waals surface area contributed by atoms with E-state index in [9.17, 15) is 22.8 Å². The van der Waals surface area contributed by atoms with Crippen molar-refractivity contribution in [3.63, 3.8) is 0 Å². The molecule has 0 unspecified atom stereocenters. The highest BCUT2D eigenvalue weighted by atomic mass is 32.1. The second-order valence-electron chi connectivity index (χ2n) is 14.2. The van der Waals surface area contributed by atoms with E-state index in [4.69, 9.17) is 0 Å². The van der Waals surface area contributed by atoms with E-state index in [1.165, 1.54) is 29.0 Å². The average molecular weight is 829 g/mol. The summed E-state index contributed by atoms with van der Waals surface area (Å²) in [7, 11) is 0. The van der Waals surface area contributed by atoms with Gasteiger partial charge in [-0.1, -0.05) is 62.4 Å². The van der Waals surface area contributed by atoms with E-state index in [0.717, 1.165) is 50.1 Å². The number of halogens is 3. The van der Waals surface area contributed by atoms with Crippen molar-refractivity contribution in [2.75, 3.05) is 10.6 Å². The minimum absolute atomic E-state index is 0.0819. The standard InChI is InChI=1S/C23H27N3OS.C21H20F3N3O2S/c1-16(2)19-8-10-21(11-9-19)25-23(27)26(17(3)4)15-18-6-5-7-20(14-18)22-24-12-13-28-22;1-14(2)27(13-15-4-3-5-16(12-15)19-25-10-11-30-19)20(28)26-17-6-8-18(9-7-17)29-21(22,23)24/h5-14,16-17H,15H2,1-4H3,(H,25,27);3-12,14H,13H2,1-2H3,(H,26,28). The molecule has 6 aromatic rings. The van der Waals surface area contributed by atoms with Gasteiger partial charge in [0.1, 0.15) is 15.8 Å². The third-order valence-electron chi connectivity index (χ3n) is 8.85. The maximum absolute atomic E-state index is 12.9. The van der Waals surface area contributed by atoms with Crippen LogP contribution in [0.2, 0.25) is 0 Å². The van der Waals surface area contributed by atoms with E-state index in [1.54, 1.807) is 22.4 Å². The fraction of sp³-hybridized carbons (Fsp3) is 0.273. The summed E-state index contributed by atoms with van der Waals surface area (Å²) in [6, 6.07) is 28.7. The molecular formula is C44H47F3N6O3S2. The molecule has 2 aromatic heterocycles. The predicted octanol–water partition coefficient (Wildman–Crippen LogP) is 12.5. The second kappa shape index (κ2) is 20.1. The van der Waals surface area contributed by atoms with E-state index in [2.05, 4.69) is 69.5 Å². The Balaban J connectivity index is 0.000000221. The number of ether oxygens (including phenoxy) is 1. The first kappa shape index (κ1) is 43.4. The maximum Gasteiger partial charge on any atom is 0.573 e. The van der Waals surface area contributed by atoms with Crippen LogP contribution in [0.3, 0.4) is 0 Å². The number of carbonyl (C=O) groups excluding carboxylic acids is 2. The SMILES string of the molecule is CC(C)N(Cc1cccc(-c2nccs2)c1)C(=O)Nc1ccc(OC(F)(F)F)cc1.CC(C)c1ccc(NC(=O)N(Cc2cccc(-c3nccs3)c2)C(C)C)cc1. The molecule has 0 aliphatic carbocycles. The first-order valence-corrected chi connectivity index (χ1v) is 20.5. The van der Waals surface area contributed by atoms with E-state index >= 15 is 0 Å². The lowest BCUT2D eigenvalue weighted by Crippen LogP contribution is -2.39. The van der Waals surface area contributed by atoms with Crippen molar-refractivity contribution in [2.45, 2.75) is 79.0 Å². The highest BCUT2D eigenvalue weighted by Gasteiger charge is 2.31. The van der Waals surface area contributed by atoms with Crippen molar-refractivity contribution in [3.05, 3.63) is 137 Å². The summed E-state index contributed by atoms with van der Waals surface area (Å²) in [5, 5.41) is 11.5. The number of carbonyl (C=O) groups is 2. The highest BCUT2D eigenvalue weighted by molar-refractivity contribution is 7.13. The van der Waals surface area contributed by atoms with Crippen LogP contribution in [-0.4, -0.2) is 50.3 Å². The minimum atomic E-state index is -4.76. The molecule has 14 heteroatoms. The van der Waals surface area contributed by atoms with Crippen LogP contribution in [0.4, 0.5) is 34.1 Å². The number of hydrogen-bond acceptors (Lipinski definition) is 7. The van der Waals surface area contributed by atoms with Crippen molar-refractivity contribution >= 4 is 46.1 Å². The summed E-state index contributed by atoms with van der Waals surface area (Å²) in [5.74, 6) is 0.127. The van der Waals surface area contributed by atoms with Crippen LogP contribution >= 0.6 is 22.7 Å². The number of amides is 4. The number of thiazole rings is 2. The van der Waals surface area contributed by atoms with Crippen molar-refractivity contribution in [1.82, 2.24) is 19.8 Å². The Bertz CT molecular complexity index is 2190. The fourth-order valence-electron chi connectivity index (χ4n) is 5.79. The second-order valence-corrected chi connectivity index (χ2v) is 16.0. The highest BCUT2D eigenvalue weighted by Crippen LogP contribution is 2.27. The molecule has 0 bridgehead atoms. The Morgan fingerprint density at radius 3 is 1.45 bits per heavy atom. The summed E-state index contributed by atoms with van der Waals surface area (Å²) >= 11 is 3.15. The molecule has 9 nitrogen and oxygen atoms in total. The van der Waals surface area contributed by atoms with Gasteiger partial charge < -0.3 is 25.2 Å². The van der Waals surface area contributed by atoms with Crippen molar-refractivity contribution in [1.29, 1.82) is 0 Å². The fourth-order valence-corrected chi connectivity index (χ4v) is 7.06. The van der Waals surface area contributed by atoms with Crippen molar-refractivity contribution in [2.24, 2.45) is 0 Å². The molecular weight excluding hydrogens is 782 g/mol. The van der Waals surface area contributed by atoms with Gasteiger partial charge in [-0.25, -0.2) is 19.6 Å². The molecule has 0 saturated heterocycles. The lowest BCUT2D eigenvalue weighted by atomic mass is 10.0. The van der Waals surface area contributed by atoms with Crippen LogP contribution in [-0.2, 0) is 13.1 Å². The first-order valence-electron chi connectivity index (χ1n) is 18.7. The van der Waals surface area contributed by atoms with E-state index in [1.807, 2.05) is 92.0 Å². The van der Waals surface area contributed by atoms with E-state index < -0.39 is 6.36 Å². The zero-order valence-electron chi connectivity index (χ0n) is 33.2. The Morgan fingerprint density at radius 2 is 1.09 bits per heavy atom. The number of urea groups is 2. The topological polar surface area (TPSA) is 99.7 Å². The number of nitrogens with zero attached hydrogens (tertiary/aromatic N) is 4. The van der Waals surface area contributed by atoms with Crippen LogP contribution < -0.4 is 15.4 Å². The molecule has 4 amide bonds. The van der Waals surface area contributed by atoms with Gasteiger partial charge in [0.05, 0.1) is 0 Å². The molecule has 58 heavy (non-hydrogen) atoms. The average Bonchev–Trinajstić information content (AvgIpc) is 3.93. The number of rotatable bonds is 12. The molecule has 0 fully saturated rings. The van der Waals surface area contributed by atoms with Gasteiger partial charge in [-0.3, -0.25) is 0 Å². The lowest BCUT2D eigenvalue weighted by Gasteiger charge is -2.27. The lowest BCUT2D eigenvalue weighted by molar-refractivity contribution is -0.274. The summed E-state index contributed by atoms with van der Waals surface area (Å²) in [5.41, 5.74) is 6.55. The number of hydrogen-bond donors (Lipinski definition) is 2. The molecule has 2 heterocycles. The van der Waals surface area contributed by atoms with E-state index in [0.29, 0.717) is 24.7 Å². The van der Waals surface area contributed by atoms with Gasteiger partial charge in [-0.15, -0.1) is 35.8 Å². The van der Waals surface area contributed by atoms with Crippen molar-refractivity contribution < 1.29 is 27.5 Å². The zero-order chi connectivity index (χ0) is 41.8. The molecule has 4 aromatic carbocycles. The Hall–Kier alpha value is -5.73. The van der Waals surface area contributed by atoms with Crippen LogP contribution in [0.25, 0.3) is 21.1 Å². The monoisotopic (exact) mass is 828 g/mol. The molecule has 304 valence electrons. The molecule has 0 atom stereocenters. The summed E-state index contributed by atoms with van der Waals surface area (Å²) in [4.78, 5) is 37.8. The van der Waals surface area contributed by atoms with Crippen LogP contribution in [0, 0.1) is 0 Å². The number of benzene rings is 4. The van der Waals surface area contributed by atoms with Gasteiger partial charge in [-0.05, 0) is 98.8 Å². The van der Waals surface area contributed by atoms with E-state index in [-0.39, 0.29) is 29.9 Å². The number of alkyl halides is 3. The summed E-state index contributed by atoms with van der Waals surface area (Å²) in [6.45, 7) is 13.1. The van der Waals surface area contributed by atoms with Gasteiger partial charge in [0.15, 0.2) is 0 Å². The van der Waals surface area contributed by atoms with Crippen LogP contribution in [0.15, 0.2) is 120 Å². The van der Waals surface area contributed by atoms with Crippen LogP contribution in [0.5, 0.6) is 5.75 Å². The van der Waals surface area contributed by atoms with Gasteiger partial charge in [0.25, 0.3) is 0 Å². The Kier molecular flexibility index (Phi) is 15.0. The van der Waals surface area contributed by atoms with Gasteiger partial charge in [-0.2, -0.15) is 0 Å². The van der Waals surface area contributed by atoms with Crippen LogP contribution in [0.1, 0.15) is 64.2 Å². The van der Waals surface area contributed by atoms with Gasteiger partial charge in [0.2, 0.25) is 0 Å². The number of anilines is 2. The minimum Gasteiger partial charge on any atom is -0.406 e. The predicted molar refractivity (Wildman–Crippen MR) is 228 cm³/mol. The molecule has 0 saturated carbocycles. The number of aromatic nitrogens is 2. The zero-order valence-corrected chi connectivity index (χ0v) is 34.8. The molecule has 6 rings (SSSR count). The third kappa shape index (κ3) is 12.9. The quantitative estimate of drug-likeness (QED) is 0.128. The summed E-state index contributed by atoms with van der Waals surface area (Å²) < 4.78 is 40.7. The number of nitrogens with one attached hydrogen (secondary N) is 2. The summed E-state index contributed by atoms with van der Waals surface area (Å²) in [6.07, 6.45) is -1.21. The smallest absolute Gasteiger partial charge is 0.406 e. The van der Waals surface area contributed by atoms with Crippen molar-refractivity contribution in [3.8, 4) is 26.9 Å². The van der Waals surface area contributed by atoms with Gasteiger partial charge in [0, 0.05) is 70.8 Å². The Morgan fingerprint density at radius 1 is 0.655 bits per heavy atom. The third-order valence-corrected chi connectivity index (χ3v) is 10.5. The molecule has 0 aliphatic heterocycles. The largest absolute Gasteiger partial charge is 0.573 e. The normalized spacial score (nSPS) is 11.2. The Labute approximate surface area is 345 Å². The maximum atomic E-state index is 12.9. The molecule has 0 spiro atoms. The molecule has 0 aliphatic rings.